The lowest BCUT2D eigenvalue weighted by Gasteiger charge is -2.19. The maximum atomic E-state index is 5.79. The van der Waals surface area contributed by atoms with Gasteiger partial charge in [0, 0.05) is 6.07 Å². The predicted octanol–water partition coefficient (Wildman–Crippen LogP) is 3.87. The number of aromatic nitrogens is 2. The Bertz CT molecular complexity index is 608. The Morgan fingerprint density at radius 2 is 1.90 bits per heavy atom. The first-order valence-electron chi connectivity index (χ1n) is 6.35. The summed E-state index contributed by atoms with van der Waals surface area (Å²) in [6, 6.07) is 9.64. The second-order valence-electron chi connectivity index (χ2n) is 5.50. The highest BCUT2D eigenvalue weighted by molar-refractivity contribution is 7.98. The van der Waals surface area contributed by atoms with Gasteiger partial charge in [0.15, 0.2) is 5.16 Å². The van der Waals surface area contributed by atoms with Crippen molar-refractivity contribution in [2.45, 2.75) is 31.3 Å². The summed E-state index contributed by atoms with van der Waals surface area (Å²) in [5, 5.41) is 0.604. The summed E-state index contributed by atoms with van der Waals surface area (Å²) in [5.74, 6) is 1.63. The smallest absolute Gasteiger partial charge is 0.225 e. The number of anilines is 1. The fourth-order valence-electron chi connectivity index (χ4n) is 1.71. The molecule has 20 heavy (non-hydrogen) atoms. The van der Waals surface area contributed by atoms with Crippen molar-refractivity contribution < 1.29 is 4.74 Å². The minimum absolute atomic E-state index is 0.0779. The number of thioether (sulfide) groups is 1. The van der Waals surface area contributed by atoms with Crippen molar-refractivity contribution in [2.75, 3.05) is 12.0 Å². The fourth-order valence-corrected chi connectivity index (χ4v) is 2.09. The van der Waals surface area contributed by atoms with Gasteiger partial charge in [-0.1, -0.05) is 44.7 Å². The number of nitrogens with two attached hydrogens (primary N) is 1. The van der Waals surface area contributed by atoms with Gasteiger partial charge in [-0.2, -0.15) is 4.98 Å². The topological polar surface area (TPSA) is 61.0 Å². The van der Waals surface area contributed by atoms with Crippen LogP contribution in [0.25, 0.3) is 0 Å². The van der Waals surface area contributed by atoms with Gasteiger partial charge >= 0.3 is 0 Å². The van der Waals surface area contributed by atoms with E-state index in [0.717, 1.165) is 5.75 Å². The average Bonchev–Trinajstić information content (AvgIpc) is 2.37. The summed E-state index contributed by atoms with van der Waals surface area (Å²) >= 11 is 1.43. The molecule has 0 unspecified atom stereocenters. The van der Waals surface area contributed by atoms with Gasteiger partial charge in [-0.25, -0.2) is 4.98 Å². The third-order valence-electron chi connectivity index (χ3n) is 2.81. The molecule has 0 aliphatic carbocycles. The summed E-state index contributed by atoms with van der Waals surface area (Å²) in [5.41, 5.74) is 7.03. The van der Waals surface area contributed by atoms with Gasteiger partial charge < -0.3 is 10.5 Å². The lowest BCUT2D eigenvalue weighted by molar-refractivity contribution is 0.453. The molecule has 2 N–H and O–H groups in total. The molecule has 0 aliphatic heterocycles. The molecule has 2 aromatic rings. The first kappa shape index (κ1) is 14.7. The molecule has 0 aliphatic rings. The molecule has 5 heteroatoms. The van der Waals surface area contributed by atoms with E-state index in [2.05, 4.69) is 36.8 Å². The molecule has 0 saturated heterocycles. The SMILES string of the molecule is CSc1nc(N)cc(Oc2cccc(C(C)(C)C)c2)n1. The highest BCUT2D eigenvalue weighted by atomic mass is 32.2. The Morgan fingerprint density at radius 1 is 1.15 bits per heavy atom. The van der Waals surface area contributed by atoms with Gasteiger partial charge in [0.05, 0.1) is 0 Å². The Hall–Kier alpha value is -1.75. The molecule has 0 radical (unpaired) electrons. The number of rotatable bonds is 3. The van der Waals surface area contributed by atoms with Gasteiger partial charge in [0.1, 0.15) is 11.6 Å². The summed E-state index contributed by atoms with van der Waals surface area (Å²) in [7, 11) is 0. The van der Waals surface area contributed by atoms with Crippen LogP contribution in [0, 0.1) is 0 Å². The van der Waals surface area contributed by atoms with Gasteiger partial charge in [-0.3, -0.25) is 0 Å². The lowest BCUT2D eigenvalue weighted by atomic mass is 9.87. The zero-order valence-electron chi connectivity index (χ0n) is 12.2. The van der Waals surface area contributed by atoms with Crippen LogP contribution in [-0.2, 0) is 5.41 Å². The van der Waals surface area contributed by atoms with Crippen LogP contribution in [0.5, 0.6) is 11.6 Å². The molecule has 0 fully saturated rings. The van der Waals surface area contributed by atoms with Crippen LogP contribution in [0.2, 0.25) is 0 Å². The van der Waals surface area contributed by atoms with E-state index >= 15 is 0 Å². The van der Waals surface area contributed by atoms with Crippen molar-refractivity contribution in [3.63, 3.8) is 0 Å². The van der Waals surface area contributed by atoms with Crippen LogP contribution in [-0.4, -0.2) is 16.2 Å². The second-order valence-corrected chi connectivity index (χ2v) is 6.27. The van der Waals surface area contributed by atoms with Crippen LogP contribution in [0.1, 0.15) is 26.3 Å². The Morgan fingerprint density at radius 3 is 2.55 bits per heavy atom. The summed E-state index contributed by atoms with van der Waals surface area (Å²) in [6.07, 6.45) is 1.90. The van der Waals surface area contributed by atoms with Gasteiger partial charge in [0.25, 0.3) is 0 Å². The minimum Gasteiger partial charge on any atom is -0.439 e. The van der Waals surface area contributed by atoms with E-state index in [-0.39, 0.29) is 5.41 Å². The quantitative estimate of drug-likeness (QED) is 0.686. The third kappa shape index (κ3) is 3.63. The molecule has 1 heterocycles. The molecule has 1 aromatic carbocycles. The molecule has 2 rings (SSSR count). The Kier molecular flexibility index (Phi) is 4.18. The van der Waals surface area contributed by atoms with Crippen LogP contribution in [0.4, 0.5) is 5.82 Å². The molecule has 0 spiro atoms. The van der Waals surface area contributed by atoms with E-state index in [4.69, 9.17) is 10.5 Å². The number of hydrogen-bond acceptors (Lipinski definition) is 5. The van der Waals surface area contributed by atoms with Crippen LogP contribution < -0.4 is 10.5 Å². The van der Waals surface area contributed by atoms with Gasteiger partial charge in [0.2, 0.25) is 5.88 Å². The van der Waals surface area contributed by atoms with E-state index in [1.807, 2.05) is 24.5 Å². The zero-order chi connectivity index (χ0) is 14.8. The maximum Gasteiger partial charge on any atom is 0.225 e. The van der Waals surface area contributed by atoms with E-state index in [1.165, 1.54) is 17.3 Å². The second kappa shape index (κ2) is 5.71. The highest BCUT2D eigenvalue weighted by Gasteiger charge is 2.14. The van der Waals surface area contributed by atoms with Crippen LogP contribution >= 0.6 is 11.8 Å². The summed E-state index contributed by atoms with van der Waals surface area (Å²) < 4.78 is 5.79. The first-order chi connectivity index (χ1) is 9.38. The molecule has 0 atom stereocenters. The van der Waals surface area contributed by atoms with Gasteiger partial charge in [-0.15, -0.1) is 0 Å². The molecular formula is C15H19N3OS. The van der Waals surface area contributed by atoms with E-state index in [9.17, 15) is 0 Å². The fraction of sp³-hybridized carbons (Fsp3) is 0.333. The summed E-state index contributed by atoms with van der Waals surface area (Å²) in [6.45, 7) is 6.50. The largest absolute Gasteiger partial charge is 0.439 e. The highest BCUT2D eigenvalue weighted by Crippen LogP contribution is 2.28. The van der Waals surface area contributed by atoms with Crippen LogP contribution in [0.15, 0.2) is 35.5 Å². The number of nitrogens with zero attached hydrogens (tertiary/aromatic N) is 2. The standard InChI is InChI=1S/C15H19N3OS/c1-15(2,3)10-6-5-7-11(8-10)19-13-9-12(16)17-14(18-13)20-4/h5-9H,1-4H3,(H2,16,17,18). The number of nitrogen functional groups attached to an aromatic ring is 1. The number of benzene rings is 1. The normalized spacial score (nSPS) is 11.4. The van der Waals surface area contributed by atoms with Crippen molar-refractivity contribution in [1.29, 1.82) is 0 Å². The monoisotopic (exact) mass is 289 g/mol. The van der Waals surface area contributed by atoms with E-state index in [0.29, 0.717) is 16.9 Å². The first-order valence-corrected chi connectivity index (χ1v) is 7.58. The van der Waals surface area contributed by atoms with Crippen molar-refractivity contribution in [1.82, 2.24) is 9.97 Å². The molecule has 0 saturated carbocycles. The van der Waals surface area contributed by atoms with E-state index in [1.54, 1.807) is 6.07 Å². The number of hydrogen-bond donors (Lipinski definition) is 1. The van der Waals surface area contributed by atoms with Crippen molar-refractivity contribution in [2.24, 2.45) is 0 Å². The van der Waals surface area contributed by atoms with Gasteiger partial charge in [-0.05, 0) is 29.4 Å². The molecule has 0 amide bonds. The minimum atomic E-state index is 0.0779. The predicted molar refractivity (Wildman–Crippen MR) is 83.4 cm³/mol. The maximum absolute atomic E-state index is 5.79. The molecular weight excluding hydrogens is 270 g/mol. The van der Waals surface area contributed by atoms with Crippen molar-refractivity contribution >= 4 is 17.6 Å². The summed E-state index contributed by atoms with van der Waals surface area (Å²) in [4.78, 5) is 8.39. The zero-order valence-corrected chi connectivity index (χ0v) is 13.0. The van der Waals surface area contributed by atoms with Crippen molar-refractivity contribution in [3.8, 4) is 11.6 Å². The Balaban J connectivity index is 2.28. The third-order valence-corrected chi connectivity index (χ3v) is 3.35. The molecule has 4 nitrogen and oxygen atoms in total. The number of ether oxygens (including phenoxy) is 1. The molecule has 0 bridgehead atoms. The van der Waals surface area contributed by atoms with Crippen LogP contribution in [0.3, 0.4) is 0 Å². The van der Waals surface area contributed by atoms with E-state index < -0.39 is 0 Å². The Labute approximate surface area is 123 Å². The van der Waals surface area contributed by atoms with Crippen molar-refractivity contribution in [3.05, 3.63) is 35.9 Å². The molecule has 106 valence electrons. The molecule has 1 aromatic heterocycles. The lowest BCUT2D eigenvalue weighted by Crippen LogP contribution is -2.10. The average molecular weight is 289 g/mol.